The third-order valence-corrected chi connectivity index (χ3v) is 4.76. The van der Waals surface area contributed by atoms with Gasteiger partial charge in [0.25, 0.3) is 0 Å². The van der Waals surface area contributed by atoms with Crippen molar-refractivity contribution in [2.24, 2.45) is 0 Å². The van der Waals surface area contributed by atoms with E-state index in [1.807, 2.05) is 27.7 Å². The number of rotatable bonds is 6. The van der Waals surface area contributed by atoms with E-state index in [9.17, 15) is 0 Å². The van der Waals surface area contributed by atoms with Crippen molar-refractivity contribution in [3.63, 3.8) is 0 Å². The van der Waals surface area contributed by atoms with Crippen LogP contribution in [0.15, 0.2) is 60.7 Å². The van der Waals surface area contributed by atoms with Crippen LogP contribution in [0.5, 0.6) is 0 Å². The van der Waals surface area contributed by atoms with Gasteiger partial charge < -0.3 is 10.1 Å². The first kappa shape index (κ1) is 24.4. The number of nitrogens with one attached hydrogen (secondary N) is 1. The van der Waals surface area contributed by atoms with Crippen molar-refractivity contribution in [3.05, 3.63) is 71.8 Å². The molecule has 2 atom stereocenters. The molecule has 0 bridgehead atoms. The van der Waals surface area contributed by atoms with Crippen LogP contribution in [-0.4, -0.2) is 43.2 Å². The van der Waals surface area contributed by atoms with Crippen LogP contribution in [0.3, 0.4) is 0 Å². The minimum absolute atomic E-state index is 0.00282. The monoisotopic (exact) mass is 384 g/mol. The first-order valence-corrected chi connectivity index (χ1v) is 10.9. The predicted molar refractivity (Wildman–Crippen MR) is 122 cm³/mol. The molecule has 2 aromatic rings. The molecule has 0 spiro atoms. The van der Waals surface area contributed by atoms with Gasteiger partial charge in [-0.05, 0) is 25.0 Å². The summed E-state index contributed by atoms with van der Waals surface area (Å²) < 4.78 is 6.34. The van der Waals surface area contributed by atoms with Gasteiger partial charge in [-0.25, -0.2) is 0 Å². The summed E-state index contributed by atoms with van der Waals surface area (Å²) in [6.07, 6.45) is 0.00282. The maximum Gasteiger partial charge on any atom is 0.108 e. The van der Waals surface area contributed by atoms with Gasteiger partial charge in [0.05, 0.1) is 6.61 Å². The van der Waals surface area contributed by atoms with Gasteiger partial charge in [0.15, 0.2) is 0 Å². The molecule has 3 rings (SSSR count). The first-order valence-electron chi connectivity index (χ1n) is 10.9. The highest BCUT2D eigenvalue weighted by molar-refractivity contribution is 5.29. The van der Waals surface area contributed by atoms with Gasteiger partial charge >= 0.3 is 0 Å². The lowest BCUT2D eigenvalue weighted by Gasteiger charge is -2.37. The normalized spacial score (nSPS) is 19.2. The van der Waals surface area contributed by atoms with Crippen LogP contribution in [0.2, 0.25) is 0 Å². The molecule has 0 aromatic heterocycles. The van der Waals surface area contributed by atoms with Gasteiger partial charge in [-0.3, -0.25) is 4.90 Å². The van der Waals surface area contributed by atoms with E-state index in [0.717, 1.165) is 26.2 Å². The second-order valence-corrected chi connectivity index (χ2v) is 6.73. The van der Waals surface area contributed by atoms with Crippen LogP contribution >= 0.6 is 0 Å². The molecule has 1 N–H and O–H groups in total. The molecule has 3 heteroatoms. The van der Waals surface area contributed by atoms with Crippen molar-refractivity contribution in [2.75, 3.05) is 26.2 Å². The van der Waals surface area contributed by atoms with Crippen LogP contribution in [0.1, 0.15) is 58.8 Å². The van der Waals surface area contributed by atoms with Crippen molar-refractivity contribution in [2.45, 2.75) is 59.7 Å². The fraction of sp³-hybridized carbons (Fsp3) is 0.520. The summed E-state index contributed by atoms with van der Waals surface area (Å²) in [7, 11) is 0. The van der Waals surface area contributed by atoms with E-state index in [0.29, 0.717) is 12.1 Å². The van der Waals surface area contributed by atoms with E-state index in [4.69, 9.17) is 4.74 Å². The molecule has 0 saturated carbocycles. The second-order valence-electron chi connectivity index (χ2n) is 6.73. The number of nitrogens with zero attached hydrogens (tertiary/aromatic N) is 1. The van der Waals surface area contributed by atoms with Gasteiger partial charge in [0.1, 0.15) is 6.10 Å². The fourth-order valence-corrected chi connectivity index (χ4v) is 3.34. The Morgan fingerprint density at radius 3 is 1.89 bits per heavy atom. The van der Waals surface area contributed by atoms with E-state index in [1.54, 1.807) is 0 Å². The Morgan fingerprint density at radius 2 is 1.39 bits per heavy atom. The summed E-state index contributed by atoms with van der Waals surface area (Å²) in [6, 6.07) is 22.1. The highest BCUT2D eigenvalue weighted by Crippen LogP contribution is 2.25. The molecule has 1 saturated heterocycles. The number of benzene rings is 2. The van der Waals surface area contributed by atoms with Crippen molar-refractivity contribution in [1.29, 1.82) is 0 Å². The Hall–Kier alpha value is -1.68. The van der Waals surface area contributed by atoms with Crippen LogP contribution in [0.4, 0.5) is 0 Å². The molecule has 1 fully saturated rings. The maximum absolute atomic E-state index is 6.34. The second kappa shape index (κ2) is 14.3. The molecule has 0 unspecified atom stereocenters. The molecule has 3 nitrogen and oxygen atoms in total. The molecule has 28 heavy (non-hydrogen) atoms. The molecular formula is C25H40N2O. The smallest absolute Gasteiger partial charge is 0.108 e. The quantitative estimate of drug-likeness (QED) is 0.709. The standard InChI is InChI=1S/C21H28N2O.2C2H6/c1-17-16-23(18(2)15-22-17)13-14-24-21(19-9-5-3-6-10-19)20-11-7-4-8-12-20;2*1-2/h3-12,17-18,21-22H,13-16H2,1-2H3;2*1-2H3/t17-,18+;;/m1../s1. The maximum atomic E-state index is 6.34. The fourth-order valence-electron chi connectivity index (χ4n) is 3.34. The van der Waals surface area contributed by atoms with Gasteiger partial charge in [0, 0.05) is 31.7 Å². The Balaban J connectivity index is 0.000000921. The predicted octanol–water partition coefficient (Wildman–Crippen LogP) is 5.53. The highest BCUT2D eigenvalue weighted by atomic mass is 16.5. The molecule has 0 aliphatic carbocycles. The van der Waals surface area contributed by atoms with Crippen LogP contribution in [-0.2, 0) is 4.74 Å². The van der Waals surface area contributed by atoms with Crippen LogP contribution in [0.25, 0.3) is 0 Å². The number of hydrogen-bond acceptors (Lipinski definition) is 3. The lowest BCUT2D eigenvalue weighted by molar-refractivity contribution is 0.0412. The van der Waals surface area contributed by atoms with Crippen molar-refractivity contribution in [1.82, 2.24) is 10.2 Å². The lowest BCUT2D eigenvalue weighted by atomic mass is 10.0. The Bertz CT molecular complexity index is 563. The minimum Gasteiger partial charge on any atom is -0.367 e. The molecule has 1 aliphatic heterocycles. The Kier molecular flexibility index (Phi) is 12.5. The summed E-state index contributed by atoms with van der Waals surface area (Å²) in [5, 5.41) is 3.53. The van der Waals surface area contributed by atoms with Crippen LogP contribution in [0, 0.1) is 0 Å². The molecule has 1 aliphatic rings. The molecule has 2 aromatic carbocycles. The van der Waals surface area contributed by atoms with Gasteiger partial charge in [-0.15, -0.1) is 0 Å². The largest absolute Gasteiger partial charge is 0.367 e. The van der Waals surface area contributed by atoms with E-state index >= 15 is 0 Å². The topological polar surface area (TPSA) is 24.5 Å². The SMILES string of the molecule is CC.CC.C[C@@H]1CN(CCOC(c2ccccc2)c2ccccc2)[C@@H](C)CN1. The average molecular weight is 385 g/mol. The molecule has 156 valence electrons. The van der Waals surface area contributed by atoms with E-state index in [2.05, 4.69) is 84.7 Å². The summed E-state index contributed by atoms with van der Waals surface area (Å²) in [4.78, 5) is 2.52. The van der Waals surface area contributed by atoms with Gasteiger partial charge in [-0.2, -0.15) is 0 Å². The summed E-state index contributed by atoms with van der Waals surface area (Å²) in [5.74, 6) is 0. The average Bonchev–Trinajstić information content (AvgIpc) is 2.77. The minimum atomic E-state index is 0.00282. The summed E-state index contributed by atoms with van der Waals surface area (Å²) in [6.45, 7) is 16.4. The van der Waals surface area contributed by atoms with Crippen molar-refractivity contribution in [3.8, 4) is 0 Å². The molecule has 1 heterocycles. The Morgan fingerprint density at radius 1 is 0.893 bits per heavy atom. The zero-order valence-electron chi connectivity index (χ0n) is 18.7. The zero-order valence-corrected chi connectivity index (χ0v) is 18.7. The van der Waals surface area contributed by atoms with Crippen molar-refractivity contribution < 1.29 is 4.74 Å². The first-order chi connectivity index (χ1) is 13.7. The summed E-state index contributed by atoms with van der Waals surface area (Å²) in [5.41, 5.74) is 2.43. The zero-order chi connectivity index (χ0) is 20.8. The number of ether oxygens (including phenoxy) is 1. The van der Waals surface area contributed by atoms with Crippen molar-refractivity contribution >= 4 is 0 Å². The molecular weight excluding hydrogens is 344 g/mol. The summed E-state index contributed by atoms with van der Waals surface area (Å²) >= 11 is 0. The Labute approximate surface area is 173 Å². The van der Waals surface area contributed by atoms with Gasteiger partial charge in [0.2, 0.25) is 0 Å². The third-order valence-electron chi connectivity index (χ3n) is 4.76. The molecule has 0 radical (unpaired) electrons. The number of piperazine rings is 1. The third kappa shape index (κ3) is 7.75. The molecule has 0 amide bonds. The van der Waals surface area contributed by atoms with E-state index in [-0.39, 0.29) is 6.10 Å². The van der Waals surface area contributed by atoms with E-state index < -0.39 is 0 Å². The van der Waals surface area contributed by atoms with Gasteiger partial charge in [-0.1, -0.05) is 88.4 Å². The lowest BCUT2D eigenvalue weighted by Crippen LogP contribution is -2.54. The van der Waals surface area contributed by atoms with E-state index in [1.165, 1.54) is 11.1 Å². The highest BCUT2D eigenvalue weighted by Gasteiger charge is 2.22. The number of hydrogen-bond donors (Lipinski definition) is 1. The van der Waals surface area contributed by atoms with Crippen LogP contribution < -0.4 is 5.32 Å².